The lowest BCUT2D eigenvalue weighted by atomic mass is 10.1. The SMILES string of the molecule is Cc1nc2cc(CC(=O)CBr)ccc2s1. The normalized spacial score (nSPS) is 10.8. The van der Waals surface area contributed by atoms with E-state index in [1.165, 1.54) is 4.70 Å². The number of carbonyl (C=O) groups is 1. The van der Waals surface area contributed by atoms with Crippen LogP contribution in [0.1, 0.15) is 10.6 Å². The van der Waals surface area contributed by atoms with E-state index in [4.69, 9.17) is 0 Å². The summed E-state index contributed by atoms with van der Waals surface area (Å²) in [5, 5.41) is 1.48. The van der Waals surface area contributed by atoms with Gasteiger partial charge in [-0.25, -0.2) is 4.98 Å². The summed E-state index contributed by atoms with van der Waals surface area (Å²) in [4.78, 5) is 15.7. The molecule has 0 N–H and O–H groups in total. The molecule has 0 spiro atoms. The van der Waals surface area contributed by atoms with Crippen LogP contribution in [0.5, 0.6) is 0 Å². The second kappa shape index (κ2) is 4.41. The lowest BCUT2D eigenvalue weighted by Crippen LogP contribution is -2.02. The number of hydrogen-bond donors (Lipinski definition) is 0. The molecule has 0 aliphatic rings. The van der Waals surface area contributed by atoms with Crippen molar-refractivity contribution < 1.29 is 4.79 Å². The minimum atomic E-state index is 0.196. The van der Waals surface area contributed by atoms with Crippen LogP contribution in [-0.2, 0) is 11.2 Å². The van der Waals surface area contributed by atoms with Gasteiger partial charge in [0, 0.05) is 6.42 Å². The van der Waals surface area contributed by atoms with Crippen LogP contribution in [0, 0.1) is 6.92 Å². The molecule has 0 aliphatic heterocycles. The Kier molecular flexibility index (Phi) is 3.17. The van der Waals surface area contributed by atoms with Crippen molar-refractivity contribution in [3.05, 3.63) is 28.8 Å². The number of benzene rings is 1. The summed E-state index contributed by atoms with van der Waals surface area (Å²) in [7, 11) is 0. The minimum absolute atomic E-state index is 0.196. The summed E-state index contributed by atoms with van der Waals surface area (Å²) in [6.45, 7) is 1.99. The number of fused-ring (bicyclic) bond motifs is 1. The van der Waals surface area contributed by atoms with Crippen LogP contribution in [0.3, 0.4) is 0 Å². The molecule has 1 aromatic carbocycles. The molecule has 1 heterocycles. The van der Waals surface area contributed by atoms with Gasteiger partial charge in [0.1, 0.15) is 5.78 Å². The van der Waals surface area contributed by atoms with Crippen LogP contribution in [0.4, 0.5) is 0 Å². The van der Waals surface area contributed by atoms with E-state index < -0.39 is 0 Å². The molecule has 0 radical (unpaired) electrons. The Bertz CT molecular complexity index is 506. The topological polar surface area (TPSA) is 30.0 Å². The number of alkyl halides is 1. The first-order chi connectivity index (χ1) is 7.19. The molecule has 78 valence electrons. The zero-order chi connectivity index (χ0) is 10.8. The van der Waals surface area contributed by atoms with Crippen molar-refractivity contribution in [1.29, 1.82) is 0 Å². The summed E-state index contributed by atoms with van der Waals surface area (Å²) < 4.78 is 1.18. The molecule has 15 heavy (non-hydrogen) atoms. The second-order valence-corrected chi connectivity index (χ2v) is 5.18. The van der Waals surface area contributed by atoms with Gasteiger partial charge in [0.15, 0.2) is 0 Å². The van der Waals surface area contributed by atoms with Crippen molar-refractivity contribution in [2.45, 2.75) is 13.3 Å². The van der Waals surface area contributed by atoms with Crippen LogP contribution in [0.2, 0.25) is 0 Å². The predicted octanol–water partition coefficient (Wildman–Crippen LogP) is 3.11. The predicted molar refractivity (Wildman–Crippen MR) is 66.9 cm³/mol. The molecule has 0 fully saturated rings. The van der Waals surface area contributed by atoms with E-state index >= 15 is 0 Å². The molecule has 4 heteroatoms. The van der Waals surface area contributed by atoms with Gasteiger partial charge in [-0.1, -0.05) is 22.0 Å². The van der Waals surface area contributed by atoms with Gasteiger partial charge < -0.3 is 0 Å². The molecule has 0 saturated heterocycles. The van der Waals surface area contributed by atoms with Crippen molar-refractivity contribution >= 4 is 43.3 Å². The maximum Gasteiger partial charge on any atom is 0.147 e. The lowest BCUT2D eigenvalue weighted by molar-refractivity contribution is -0.115. The average Bonchev–Trinajstić information content (AvgIpc) is 2.57. The van der Waals surface area contributed by atoms with Gasteiger partial charge in [-0.3, -0.25) is 4.79 Å². The van der Waals surface area contributed by atoms with Crippen molar-refractivity contribution in [3.63, 3.8) is 0 Å². The first kappa shape index (κ1) is 10.8. The summed E-state index contributed by atoms with van der Waals surface area (Å²) in [5.41, 5.74) is 2.04. The highest BCUT2D eigenvalue weighted by Crippen LogP contribution is 2.22. The lowest BCUT2D eigenvalue weighted by Gasteiger charge is -1.97. The zero-order valence-corrected chi connectivity index (χ0v) is 10.7. The second-order valence-electron chi connectivity index (χ2n) is 3.38. The number of thiazole rings is 1. The molecule has 0 aliphatic carbocycles. The standard InChI is InChI=1S/C11H10BrNOS/c1-7-13-10-5-8(4-9(14)6-12)2-3-11(10)15-7/h2-3,5H,4,6H2,1H3. The van der Waals surface area contributed by atoms with Crippen LogP contribution >= 0.6 is 27.3 Å². The molecule has 0 amide bonds. The highest BCUT2D eigenvalue weighted by molar-refractivity contribution is 9.09. The number of halogens is 1. The summed E-state index contributed by atoms with van der Waals surface area (Å²) in [6, 6.07) is 6.04. The summed E-state index contributed by atoms with van der Waals surface area (Å²) in [5.74, 6) is 0.196. The first-order valence-electron chi connectivity index (χ1n) is 4.63. The fraction of sp³-hybridized carbons (Fsp3) is 0.273. The average molecular weight is 284 g/mol. The van der Waals surface area contributed by atoms with Gasteiger partial charge in [-0.05, 0) is 24.6 Å². The third-order valence-corrected chi connectivity index (χ3v) is 3.69. The Morgan fingerprint density at radius 3 is 3.07 bits per heavy atom. The highest BCUT2D eigenvalue weighted by Gasteiger charge is 2.05. The minimum Gasteiger partial charge on any atom is -0.298 e. The molecule has 0 saturated carbocycles. The van der Waals surface area contributed by atoms with E-state index in [0.717, 1.165) is 16.1 Å². The Hall–Kier alpha value is -0.740. The Labute approximate surface area is 100 Å². The first-order valence-corrected chi connectivity index (χ1v) is 6.56. The van der Waals surface area contributed by atoms with E-state index in [9.17, 15) is 4.79 Å². The fourth-order valence-corrected chi connectivity index (χ4v) is 2.48. The van der Waals surface area contributed by atoms with Gasteiger partial charge in [-0.15, -0.1) is 11.3 Å². The third kappa shape index (κ3) is 2.44. The smallest absolute Gasteiger partial charge is 0.147 e. The van der Waals surface area contributed by atoms with E-state index in [1.54, 1.807) is 11.3 Å². The molecule has 0 bridgehead atoms. The van der Waals surface area contributed by atoms with Crippen LogP contribution < -0.4 is 0 Å². The van der Waals surface area contributed by atoms with E-state index in [-0.39, 0.29) is 5.78 Å². The third-order valence-electron chi connectivity index (χ3n) is 2.11. The van der Waals surface area contributed by atoms with Crippen molar-refractivity contribution in [3.8, 4) is 0 Å². The number of aromatic nitrogens is 1. The Balaban J connectivity index is 2.33. The molecule has 0 unspecified atom stereocenters. The molecule has 2 nitrogen and oxygen atoms in total. The maximum absolute atomic E-state index is 11.3. The van der Waals surface area contributed by atoms with Crippen molar-refractivity contribution in [2.75, 3.05) is 5.33 Å². The fourth-order valence-electron chi connectivity index (χ4n) is 1.47. The maximum atomic E-state index is 11.3. The number of nitrogens with zero attached hydrogens (tertiary/aromatic N) is 1. The zero-order valence-electron chi connectivity index (χ0n) is 8.29. The number of rotatable bonds is 3. The number of aryl methyl sites for hydroxylation is 1. The Morgan fingerprint density at radius 1 is 1.53 bits per heavy atom. The van der Waals surface area contributed by atoms with Gasteiger partial charge in [0.2, 0.25) is 0 Å². The van der Waals surface area contributed by atoms with Gasteiger partial charge in [0.25, 0.3) is 0 Å². The van der Waals surface area contributed by atoms with E-state index in [2.05, 4.69) is 20.9 Å². The summed E-state index contributed by atoms with van der Waals surface area (Å²) >= 11 is 4.84. The van der Waals surface area contributed by atoms with Crippen LogP contribution in [0.15, 0.2) is 18.2 Å². The van der Waals surface area contributed by atoms with Crippen molar-refractivity contribution in [2.24, 2.45) is 0 Å². The van der Waals surface area contributed by atoms with Gasteiger partial charge >= 0.3 is 0 Å². The monoisotopic (exact) mass is 283 g/mol. The molecular weight excluding hydrogens is 274 g/mol. The van der Waals surface area contributed by atoms with Crippen LogP contribution in [-0.4, -0.2) is 16.1 Å². The number of hydrogen-bond acceptors (Lipinski definition) is 3. The van der Waals surface area contributed by atoms with Gasteiger partial charge in [0.05, 0.1) is 20.6 Å². The quantitative estimate of drug-likeness (QED) is 0.811. The number of carbonyl (C=O) groups excluding carboxylic acids is 1. The van der Waals surface area contributed by atoms with Crippen molar-refractivity contribution in [1.82, 2.24) is 4.98 Å². The van der Waals surface area contributed by atoms with Crippen LogP contribution in [0.25, 0.3) is 10.2 Å². The van der Waals surface area contributed by atoms with E-state index in [1.807, 2.05) is 25.1 Å². The molecule has 0 atom stereocenters. The molecular formula is C11H10BrNOS. The Morgan fingerprint density at radius 2 is 2.33 bits per heavy atom. The molecule has 1 aromatic heterocycles. The van der Waals surface area contributed by atoms with Gasteiger partial charge in [-0.2, -0.15) is 0 Å². The van der Waals surface area contributed by atoms with E-state index in [0.29, 0.717) is 11.8 Å². The largest absolute Gasteiger partial charge is 0.298 e. The molecule has 2 rings (SSSR count). The number of Topliss-reactive ketones (excluding diaryl/α,β-unsaturated/α-hetero) is 1. The number of ketones is 1. The highest BCUT2D eigenvalue weighted by atomic mass is 79.9. The summed E-state index contributed by atoms with van der Waals surface area (Å²) in [6.07, 6.45) is 0.484. The molecule has 2 aromatic rings.